The fourth-order valence-electron chi connectivity index (χ4n) is 4.03. The summed E-state index contributed by atoms with van der Waals surface area (Å²) in [6, 6.07) is 21.6. The molecule has 1 saturated carbocycles. The van der Waals surface area contributed by atoms with E-state index >= 15 is 0 Å². The Morgan fingerprint density at radius 1 is 0.862 bits per heavy atom. The average Bonchev–Trinajstić information content (AvgIpc) is 3.11. The normalized spacial score (nSPS) is 14.3. The first kappa shape index (κ1) is 18.0. The lowest BCUT2D eigenvalue weighted by Crippen LogP contribution is -2.08. The minimum Gasteiger partial charge on any atom is -0.491 e. The molecule has 146 valence electrons. The third kappa shape index (κ3) is 3.53. The number of benzene rings is 2. The summed E-state index contributed by atoms with van der Waals surface area (Å²) in [5.41, 5.74) is 7.10. The first-order valence-corrected chi connectivity index (χ1v) is 10.5. The fourth-order valence-corrected chi connectivity index (χ4v) is 4.03. The van der Waals surface area contributed by atoms with Crippen molar-refractivity contribution in [3.63, 3.8) is 0 Å². The number of fused-ring (bicyclic) bond motifs is 1. The van der Waals surface area contributed by atoms with Gasteiger partial charge in [-0.3, -0.25) is 4.40 Å². The monoisotopic (exact) mass is 382 g/mol. The zero-order valence-corrected chi connectivity index (χ0v) is 17.0. The summed E-state index contributed by atoms with van der Waals surface area (Å²) in [5.74, 6) is 1.67. The van der Waals surface area contributed by atoms with E-state index < -0.39 is 0 Å². The van der Waals surface area contributed by atoms with Crippen LogP contribution in [0.15, 0.2) is 73.1 Å². The van der Waals surface area contributed by atoms with Gasteiger partial charge in [-0.15, -0.1) is 0 Å². The number of ether oxygens (including phenoxy) is 1. The van der Waals surface area contributed by atoms with Crippen molar-refractivity contribution in [1.82, 2.24) is 9.38 Å². The van der Waals surface area contributed by atoms with Gasteiger partial charge in [0.2, 0.25) is 0 Å². The van der Waals surface area contributed by atoms with Crippen molar-refractivity contribution in [3.8, 4) is 28.1 Å². The zero-order valence-electron chi connectivity index (χ0n) is 17.0. The number of hydrogen-bond acceptors (Lipinski definition) is 2. The second-order valence-corrected chi connectivity index (χ2v) is 8.23. The Labute approximate surface area is 172 Å². The molecule has 4 aromatic rings. The van der Waals surface area contributed by atoms with Crippen LogP contribution >= 0.6 is 0 Å². The molecule has 0 aliphatic heterocycles. The van der Waals surface area contributed by atoms with E-state index in [1.165, 1.54) is 36.0 Å². The van der Waals surface area contributed by atoms with E-state index in [-0.39, 0.29) is 6.10 Å². The predicted octanol–water partition coefficient (Wildman–Crippen LogP) is 6.72. The first-order chi connectivity index (χ1) is 14.2. The molecular weight excluding hydrogens is 356 g/mol. The van der Waals surface area contributed by atoms with Gasteiger partial charge in [0.05, 0.1) is 18.0 Å². The molecule has 29 heavy (non-hydrogen) atoms. The molecule has 0 bridgehead atoms. The van der Waals surface area contributed by atoms with E-state index in [0.717, 1.165) is 28.6 Å². The van der Waals surface area contributed by atoms with Gasteiger partial charge in [-0.1, -0.05) is 30.7 Å². The summed E-state index contributed by atoms with van der Waals surface area (Å²) >= 11 is 0. The molecule has 2 aromatic heterocycles. The highest BCUT2D eigenvalue weighted by atomic mass is 16.5. The molecule has 1 aliphatic rings. The smallest absolute Gasteiger partial charge is 0.137 e. The van der Waals surface area contributed by atoms with Crippen LogP contribution < -0.4 is 4.74 Å². The summed E-state index contributed by atoms with van der Waals surface area (Å²) in [7, 11) is 0. The van der Waals surface area contributed by atoms with Crippen molar-refractivity contribution in [1.29, 1.82) is 0 Å². The van der Waals surface area contributed by atoms with Crippen LogP contribution in [-0.4, -0.2) is 15.5 Å². The molecule has 0 amide bonds. The number of nitrogens with zero attached hydrogens (tertiary/aromatic N) is 2. The molecule has 0 N–H and O–H groups in total. The molecule has 3 heteroatoms. The lowest BCUT2D eigenvalue weighted by atomic mass is 9.80. The summed E-state index contributed by atoms with van der Waals surface area (Å²) in [6.45, 7) is 4.08. The number of imidazole rings is 1. The topological polar surface area (TPSA) is 26.5 Å². The molecule has 0 atom stereocenters. The van der Waals surface area contributed by atoms with Crippen LogP contribution in [0.4, 0.5) is 0 Å². The van der Waals surface area contributed by atoms with Crippen molar-refractivity contribution in [2.75, 3.05) is 0 Å². The van der Waals surface area contributed by atoms with Gasteiger partial charge in [-0.25, -0.2) is 4.98 Å². The summed E-state index contributed by atoms with van der Waals surface area (Å²) in [4.78, 5) is 4.59. The second kappa shape index (κ2) is 7.40. The van der Waals surface area contributed by atoms with Gasteiger partial charge in [-0.2, -0.15) is 0 Å². The van der Waals surface area contributed by atoms with E-state index in [0.29, 0.717) is 0 Å². The molecule has 0 radical (unpaired) electrons. The molecule has 5 rings (SSSR count). The Bertz CT molecular complexity index is 1120. The summed E-state index contributed by atoms with van der Waals surface area (Å²) in [6.07, 6.45) is 8.35. The molecule has 3 nitrogen and oxygen atoms in total. The van der Waals surface area contributed by atoms with Crippen LogP contribution in [0.3, 0.4) is 0 Å². The van der Waals surface area contributed by atoms with E-state index in [4.69, 9.17) is 4.74 Å². The second-order valence-electron chi connectivity index (χ2n) is 8.23. The first-order valence-electron chi connectivity index (χ1n) is 10.5. The number of rotatable bonds is 5. The SMILES string of the molecule is CC(C)Oc1ccc(-c2cnc3ccc(-c4ccc(C5CCC5)cc4)cn23)cc1. The van der Waals surface area contributed by atoms with Crippen LogP contribution in [-0.2, 0) is 0 Å². The van der Waals surface area contributed by atoms with Crippen molar-refractivity contribution >= 4 is 5.65 Å². The molecule has 0 spiro atoms. The number of pyridine rings is 1. The molecule has 0 saturated heterocycles. The van der Waals surface area contributed by atoms with Gasteiger partial charge in [0.15, 0.2) is 0 Å². The molecular formula is C26H26N2O. The van der Waals surface area contributed by atoms with Crippen LogP contribution in [0, 0.1) is 0 Å². The van der Waals surface area contributed by atoms with E-state index in [9.17, 15) is 0 Å². The highest BCUT2D eigenvalue weighted by molar-refractivity contribution is 5.69. The van der Waals surface area contributed by atoms with Crippen molar-refractivity contribution < 1.29 is 4.74 Å². The van der Waals surface area contributed by atoms with Gasteiger partial charge in [-0.05, 0) is 85.7 Å². The van der Waals surface area contributed by atoms with Crippen LogP contribution in [0.2, 0.25) is 0 Å². The predicted molar refractivity (Wildman–Crippen MR) is 118 cm³/mol. The van der Waals surface area contributed by atoms with Gasteiger partial charge < -0.3 is 4.74 Å². The van der Waals surface area contributed by atoms with Crippen molar-refractivity contribution in [2.45, 2.75) is 45.1 Å². The summed E-state index contributed by atoms with van der Waals surface area (Å²) in [5, 5.41) is 0. The fraction of sp³-hybridized carbons (Fsp3) is 0.269. The molecule has 1 aliphatic carbocycles. The largest absolute Gasteiger partial charge is 0.491 e. The third-order valence-electron chi connectivity index (χ3n) is 5.85. The quantitative estimate of drug-likeness (QED) is 0.383. The lowest BCUT2D eigenvalue weighted by Gasteiger charge is -2.25. The lowest BCUT2D eigenvalue weighted by molar-refractivity contribution is 0.242. The Kier molecular flexibility index (Phi) is 4.59. The van der Waals surface area contributed by atoms with Gasteiger partial charge in [0, 0.05) is 11.8 Å². The van der Waals surface area contributed by atoms with E-state index in [2.05, 4.69) is 64.1 Å². The third-order valence-corrected chi connectivity index (χ3v) is 5.85. The number of aromatic nitrogens is 2. The van der Waals surface area contributed by atoms with Crippen LogP contribution in [0.1, 0.15) is 44.6 Å². The minimum atomic E-state index is 0.176. The van der Waals surface area contributed by atoms with E-state index in [1.54, 1.807) is 0 Å². The van der Waals surface area contributed by atoms with Crippen LogP contribution in [0.5, 0.6) is 5.75 Å². The van der Waals surface area contributed by atoms with Crippen molar-refractivity contribution in [2.24, 2.45) is 0 Å². The Morgan fingerprint density at radius 2 is 1.55 bits per heavy atom. The molecule has 2 heterocycles. The zero-order chi connectivity index (χ0) is 19.8. The highest BCUT2D eigenvalue weighted by Gasteiger charge is 2.19. The van der Waals surface area contributed by atoms with E-state index in [1.807, 2.05) is 32.2 Å². The van der Waals surface area contributed by atoms with Gasteiger partial charge in [0.1, 0.15) is 11.4 Å². The standard InChI is InChI=1S/C26H26N2O/c1-18(2)29-24-13-10-22(11-14-24)25-16-27-26-15-12-23(17-28(25)26)21-8-6-20(7-9-21)19-4-3-5-19/h6-19H,3-5H2,1-2H3. The van der Waals surface area contributed by atoms with Crippen molar-refractivity contribution in [3.05, 3.63) is 78.6 Å². The number of hydrogen-bond donors (Lipinski definition) is 0. The Morgan fingerprint density at radius 3 is 2.21 bits per heavy atom. The van der Waals surface area contributed by atoms with Gasteiger partial charge >= 0.3 is 0 Å². The maximum atomic E-state index is 5.77. The highest BCUT2D eigenvalue weighted by Crippen LogP contribution is 2.37. The minimum absolute atomic E-state index is 0.176. The maximum absolute atomic E-state index is 5.77. The average molecular weight is 383 g/mol. The maximum Gasteiger partial charge on any atom is 0.137 e. The van der Waals surface area contributed by atoms with Gasteiger partial charge in [0.25, 0.3) is 0 Å². The Hall–Kier alpha value is -3.07. The van der Waals surface area contributed by atoms with Crippen LogP contribution in [0.25, 0.3) is 28.0 Å². The molecule has 2 aromatic carbocycles. The Balaban J connectivity index is 1.47. The molecule has 0 unspecified atom stereocenters. The summed E-state index contributed by atoms with van der Waals surface area (Å²) < 4.78 is 7.94. The molecule has 1 fully saturated rings.